The van der Waals surface area contributed by atoms with E-state index in [9.17, 15) is 14.5 Å². The summed E-state index contributed by atoms with van der Waals surface area (Å²) < 4.78 is 19.1. The number of rotatable bonds is 3. The summed E-state index contributed by atoms with van der Waals surface area (Å²) >= 11 is 3.72. The fraction of sp³-hybridized carbons (Fsp3) is 0.600. The second kappa shape index (κ2) is 5.55. The molecular weight excluding hydrogens is 341 g/mol. The minimum atomic E-state index is -0.617. The average Bonchev–Trinajstić information content (AvgIpc) is 2.49. The van der Waals surface area contributed by atoms with Crippen LogP contribution in [-0.2, 0) is 0 Å². The van der Waals surface area contributed by atoms with E-state index in [1.807, 2.05) is 0 Å². The van der Waals surface area contributed by atoms with E-state index < -0.39 is 10.7 Å². The maximum atomic E-state index is 13.2. The van der Waals surface area contributed by atoms with Crippen LogP contribution in [0.5, 0.6) is 5.75 Å². The lowest BCUT2D eigenvalue weighted by Gasteiger charge is -2.55. The Hall–Kier alpha value is -1.17. The van der Waals surface area contributed by atoms with E-state index in [0.29, 0.717) is 4.83 Å². The van der Waals surface area contributed by atoms with E-state index in [0.717, 1.165) is 25.3 Å². The van der Waals surface area contributed by atoms with Crippen LogP contribution in [0.3, 0.4) is 0 Å². The van der Waals surface area contributed by atoms with Gasteiger partial charge in [0.1, 0.15) is 11.9 Å². The highest BCUT2D eigenvalue weighted by Gasteiger charge is 2.55. The van der Waals surface area contributed by atoms with Crippen LogP contribution >= 0.6 is 15.9 Å². The van der Waals surface area contributed by atoms with Gasteiger partial charge >= 0.3 is 5.69 Å². The Morgan fingerprint density at radius 2 is 2.05 bits per heavy atom. The molecule has 0 aliphatic heterocycles. The summed E-state index contributed by atoms with van der Waals surface area (Å²) in [6.07, 6.45) is 6.58. The number of halogens is 2. The monoisotopic (exact) mass is 357 g/mol. The highest BCUT2D eigenvalue weighted by atomic mass is 79.9. The topological polar surface area (TPSA) is 52.4 Å². The molecule has 6 heteroatoms. The molecular formula is C15H17BrFNO3. The largest absolute Gasteiger partial charge is 0.483 e. The molecule has 0 bridgehead atoms. The molecule has 2 fully saturated rings. The normalized spacial score (nSPS) is 27.1. The van der Waals surface area contributed by atoms with Gasteiger partial charge in [-0.25, -0.2) is 4.39 Å². The Kier molecular flexibility index (Phi) is 3.90. The molecule has 1 aromatic rings. The highest BCUT2D eigenvalue weighted by Crippen LogP contribution is 2.56. The highest BCUT2D eigenvalue weighted by molar-refractivity contribution is 9.09. The van der Waals surface area contributed by atoms with Crippen molar-refractivity contribution in [3.63, 3.8) is 0 Å². The van der Waals surface area contributed by atoms with Gasteiger partial charge < -0.3 is 4.74 Å². The standard InChI is InChI=1S/C15H17BrFNO3/c16-13-9-14(15(13)6-2-1-3-7-15)21-12-5-4-10(17)8-11(12)18(19)20/h4-5,8,13-14H,1-3,6-7,9H2. The van der Waals surface area contributed by atoms with Gasteiger partial charge in [0.05, 0.1) is 11.0 Å². The predicted octanol–water partition coefficient (Wildman–Crippen LogP) is 4.60. The molecule has 2 aliphatic carbocycles. The Morgan fingerprint density at radius 3 is 2.67 bits per heavy atom. The zero-order valence-corrected chi connectivity index (χ0v) is 13.1. The summed E-state index contributed by atoms with van der Waals surface area (Å²) in [5, 5.41) is 11.0. The SMILES string of the molecule is O=[N+]([O-])c1cc(F)ccc1OC1CC(Br)C12CCCCC2. The number of nitro groups is 1. The smallest absolute Gasteiger partial charge is 0.313 e. The third-order valence-corrected chi connectivity index (χ3v) is 6.14. The molecule has 0 radical (unpaired) electrons. The van der Waals surface area contributed by atoms with Gasteiger partial charge in [-0.15, -0.1) is 0 Å². The summed E-state index contributed by atoms with van der Waals surface area (Å²) in [6.45, 7) is 0. The first-order chi connectivity index (χ1) is 10.0. The predicted molar refractivity (Wildman–Crippen MR) is 80.3 cm³/mol. The molecule has 0 amide bonds. The molecule has 0 heterocycles. The Balaban J connectivity index is 1.82. The van der Waals surface area contributed by atoms with Gasteiger partial charge in [-0.1, -0.05) is 35.2 Å². The summed E-state index contributed by atoms with van der Waals surface area (Å²) in [6, 6.07) is 3.50. The molecule has 3 rings (SSSR count). The zero-order chi connectivity index (χ0) is 15.0. The van der Waals surface area contributed by atoms with Gasteiger partial charge in [0.25, 0.3) is 0 Å². The van der Waals surface area contributed by atoms with Crippen LogP contribution in [0.25, 0.3) is 0 Å². The van der Waals surface area contributed by atoms with Crippen molar-refractivity contribution in [2.75, 3.05) is 0 Å². The van der Waals surface area contributed by atoms with E-state index in [4.69, 9.17) is 4.74 Å². The van der Waals surface area contributed by atoms with E-state index >= 15 is 0 Å². The molecule has 114 valence electrons. The summed E-state index contributed by atoms with van der Waals surface area (Å²) in [5.41, 5.74) is -0.209. The van der Waals surface area contributed by atoms with Gasteiger partial charge in [-0.05, 0) is 31.4 Å². The lowest BCUT2D eigenvalue weighted by atomic mass is 9.58. The fourth-order valence-electron chi connectivity index (χ4n) is 3.60. The van der Waals surface area contributed by atoms with Crippen molar-refractivity contribution in [1.82, 2.24) is 0 Å². The molecule has 0 aromatic heterocycles. The molecule has 2 saturated carbocycles. The molecule has 2 unspecified atom stereocenters. The maximum Gasteiger partial charge on any atom is 0.313 e. The number of alkyl halides is 1. The van der Waals surface area contributed by atoms with Crippen LogP contribution in [-0.4, -0.2) is 15.9 Å². The first-order valence-corrected chi connectivity index (χ1v) is 8.19. The Morgan fingerprint density at radius 1 is 1.33 bits per heavy atom. The number of ether oxygens (including phenoxy) is 1. The van der Waals surface area contributed by atoms with Gasteiger partial charge in [0.2, 0.25) is 0 Å². The van der Waals surface area contributed by atoms with Crippen LogP contribution in [0.2, 0.25) is 0 Å². The fourth-order valence-corrected chi connectivity index (χ4v) is 4.69. The van der Waals surface area contributed by atoms with E-state index in [1.54, 1.807) is 0 Å². The van der Waals surface area contributed by atoms with Crippen LogP contribution < -0.4 is 4.74 Å². The van der Waals surface area contributed by atoms with Crippen molar-refractivity contribution in [3.8, 4) is 5.75 Å². The number of nitrogens with zero attached hydrogens (tertiary/aromatic N) is 1. The Labute approximate surface area is 131 Å². The molecule has 21 heavy (non-hydrogen) atoms. The molecule has 2 aliphatic rings. The van der Waals surface area contributed by atoms with Crippen LogP contribution in [0, 0.1) is 21.3 Å². The van der Waals surface area contributed by atoms with Gasteiger partial charge in [0, 0.05) is 10.2 Å². The van der Waals surface area contributed by atoms with Crippen molar-refractivity contribution >= 4 is 21.6 Å². The van der Waals surface area contributed by atoms with Crippen molar-refractivity contribution in [2.45, 2.75) is 49.5 Å². The van der Waals surface area contributed by atoms with Crippen molar-refractivity contribution in [3.05, 3.63) is 34.1 Å². The number of nitro benzene ring substituents is 1. The minimum absolute atomic E-state index is 0.0219. The van der Waals surface area contributed by atoms with Gasteiger partial charge in [0.15, 0.2) is 5.75 Å². The second-order valence-corrected chi connectivity index (χ2v) is 7.08. The van der Waals surface area contributed by atoms with Gasteiger partial charge in [-0.2, -0.15) is 0 Å². The molecule has 1 aromatic carbocycles. The number of benzene rings is 1. The van der Waals surface area contributed by atoms with E-state index in [1.165, 1.54) is 31.4 Å². The second-order valence-electron chi connectivity index (χ2n) is 5.97. The number of hydrogen-bond acceptors (Lipinski definition) is 3. The molecule has 0 saturated heterocycles. The minimum Gasteiger partial charge on any atom is -0.483 e. The van der Waals surface area contributed by atoms with Crippen molar-refractivity contribution in [2.24, 2.45) is 5.41 Å². The maximum absolute atomic E-state index is 13.2. The average molecular weight is 358 g/mol. The molecule has 0 N–H and O–H groups in total. The van der Waals surface area contributed by atoms with Gasteiger partial charge in [-0.3, -0.25) is 10.1 Å². The van der Waals surface area contributed by atoms with Crippen molar-refractivity contribution in [1.29, 1.82) is 0 Å². The lowest BCUT2D eigenvalue weighted by Crippen LogP contribution is -2.57. The lowest BCUT2D eigenvalue weighted by molar-refractivity contribution is -0.386. The van der Waals surface area contributed by atoms with Crippen LogP contribution in [0.1, 0.15) is 38.5 Å². The van der Waals surface area contributed by atoms with E-state index in [-0.39, 0.29) is 23.0 Å². The summed E-state index contributed by atoms with van der Waals surface area (Å²) in [7, 11) is 0. The third-order valence-electron chi connectivity index (χ3n) is 4.86. The molecule has 2 atom stereocenters. The van der Waals surface area contributed by atoms with Crippen LogP contribution in [0.4, 0.5) is 10.1 Å². The van der Waals surface area contributed by atoms with E-state index in [2.05, 4.69) is 15.9 Å². The van der Waals surface area contributed by atoms with Crippen molar-refractivity contribution < 1.29 is 14.1 Å². The number of hydrogen-bond donors (Lipinski definition) is 0. The Bertz CT molecular complexity index is 560. The zero-order valence-electron chi connectivity index (χ0n) is 11.6. The third kappa shape index (κ3) is 2.54. The first-order valence-electron chi connectivity index (χ1n) is 7.27. The quantitative estimate of drug-likeness (QED) is 0.451. The summed E-state index contributed by atoms with van der Waals surface area (Å²) in [4.78, 5) is 10.9. The summed E-state index contributed by atoms with van der Waals surface area (Å²) in [5.74, 6) is -0.441. The van der Waals surface area contributed by atoms with Crippen LogP contribution in [0.15, 0.2) is 18.2 Å². The first kappa shape index (κ1) is 14.8. The molecule has 1 spiro atoms. The molecule has 4 nitrogen and oxygen atoms in total.